The van der Waals surface area contributed by atoms with Gasteiger partial charge in [-0.25, -0.2) is 0 Å². The summed E-state index contributed by atoms with van der Waals surface area (Å²) in [6, 6.07) is 10.3. The van der Waals surface area contributed by atoms with Crippen LogP contribution in [0.1, 0.15) is 32.5 Å². The lowest BCUT2D eigenvalue weighted by atomic mass is 10.2. The lowest BCUT2D eigenvalue weighted by molar-refractivity contribution is -0.121. The topological polar surface area (TPSA) is 66.0 Å². The second-order valence-electron chi connectivity index (χ2n) is 5.90. The van der Waals surface area contributed by atoms with Gasteiger partial charge in [-0.2, -0.15) is 5.10 Å². The van der Waals surface area contributed by atoms with Gasteiger partial charge in [0.15, 0.2) is 4.77 Å². The quantitative estimate of drug-likeness (QED) is 0.504. The van der Waals surface area contributed by atoms with Crippen LogP contribution in [-0.4, -0.2) is 40.3 Å². The Hall–Kier alpha value is -2.15. The van der Waals surface area contributed by atoms with Gasteiger partial charge in [0.25, 0.3) is 0 Å². The number of amides is 1. The number of H-pyrrole nitrogens is 1. The number of para-hydroxylation sites is 1. The molecule has 1 amide bonds. The highest BCUT2D eigenvalue weighted by Gasteiger charge is 2.10. The molecule has 0 bridgehead atoms. The van der Waals surface area contributed by atoms with Gasteiger partial charge < -0.3 is 10.2 Å². The third-order valence-electron chi connectivity index (χ3n) is 4.04. The minimum atomic E-state index is -0.0300. The van der Waals surface area contributed by atoms with E-state index in [0.29, 0.717) is 11.3 Å². The summed E-state index contributed by atoms with van der Waals surface area (Å²) in [4.78, 5) is 14.5. The van der Waals surface area contributed by atoms with Crippen LogP contribution in [0.2, 0.25) is 0 Å². The van der Waals surface area contributed by atoms with Crippen LogP contribution in [0.4, 0.5) is 5.69 Å². The van der Waals surface area contributed by atoms with Crippen molar-refractivity contribution < 1.29 is 4.79 Å². The Bertz CT molecular complexity index is 710. The molecule has 0 atom stereocenters. The number of carbonyl (C=O) groups excluding carboxylic acids is 1. The average Bonchev–Trinajstić information content (AvgIpc) is 2.96. The van der Waals surface area contributed by atoms with Crippen LogP contribution in [0.5, 0.6) is 0 Å². The molecule has 25 heavy (non-hydrogen) atoms. The number of aromatic amines is 1. The highest BCUT2D eigenvalue weighted by molar-refractivity contribution is 7.71. The molecule has 1 heterocycles. The van der Waals surface area contributed by atoms with E-state index < -0.39 is 0 Å². The van der Waals surface area contributed by atoms with E-state index >= 15 is 0 Å². The summed E-state index contributed by atoms with van der Waals surface area (Å²) in [5, 5.41) is 9.92. The summed E-state index contributed by atoms with van der Waals surface area (Å²) in [5.74, 6) is 0.807. The van der Waals surface area contributed by atoms with Crippen molar-refractivity contribution in [2.75, 3.05) is 24.5 Å². The van der Waals surface area contributed by atoms with Gasteiger partial charge in [0, 0.05) is 31.7 Å². The van der Waals surface area contributed by atoms with Gasteiger partial charge in [0.2, 0.25) is 5.91 Å². The molecular formula is C18H27N5OS. The molecule has 2 aromatic rings. The molecule has 7 heteroatoms. The van der Waals surface area contributed by atoms with Gasteiger partial charge >= 0.3 is 0 Å². The van der Waals surface area contributed by atoms with Crippen molar-refractivity contribution in [3.05, 3.63) is 40.9 Å². The molecule has 0 spiro atoms. The first kappa shape index (κ1) is 19.2. The number of benzene rings is 1. The molecule has 0 unspecified atom stereocenters. The number of rotatable bonds is 10. The van der Waals surface area contributed by atoms with Gasteiger partial charge in [0.1, 0.15) is 12.4 Å². The molecule has 0 aliphatic carbocycles. The van der Waals surface area contributed by atoms with Crippen LogP contribution in [-0.2, 0) is 17.8 Å². The second-order valence-corrected chi connectivity index (χ2v) is 6.29. The molecule has 0 aliphatic rings. The fraction of sp³-hybridized carbons (Fsp3) is 0.500. The number of hydrogen-bond acceptors (Lipinski definition) is 4. The molecule has 136 valence electrons. The molecule has 0 aliphatic heterocycles. The highest BCUT2D eigenvalue weighted by atomic mass is 32.1. The van der Waals surface area contributed by atoms with Gasteiger partial charge in [-0.1, -0.05) is 25.1 Å². The predicted molar refractivity (Wildman–Crippen MR) is 103 cm³/mol. The monoisotopic (exact) mass is 361 g/mol. The molecule has 0 saturated carbocycles. The first-order valence-electron chi connectivity index (χ1n) is 8.86. The van der Waals surface area contributed by atoms with E-state index in [1.54, 1.807) is 4.57 Å². The average molecular weight is 362 g/mol. The number of nitrogens with zero attached hydrogens (tertiary/aromatic N) is 3. The van der Waals surface area contributed by atoms with E-state index in [2.05, 4.69) is 46.4 Å². The van der Waals surface area contributed by atoms with E-state index in [1.165, 1.54) is 5.69 Å². The molecule has 6 nitrogen and oxygen atoms in total. The lowest BCUT2D eigenvalue weighted by Gasteiger charge is -2.23. The molecule has 1 aromatic carbocycles. The second kappa shape index (κ2) is 9.98. The molecule has 2 rings (SSSR count). The Balaban J connectivity index is 1.77. The standard InChI is InChI=1S/C18H27N5OS/c1-3-9-16-20-21-18(25)23(16)14-17(24)19-12-8-13-22(4-2)15-10-6-5-7-11-15/h5-7,10-11H,3-4,8-9,12-14H2,1-2H3,(H,19,24)(H,21,25). The number of anilines is 1. The van der Waals surface area contributed by atoms with Crippen molar-refractivity contribution in [3.63, 3.8) is 0 Å². The van der Waals surface area contributed by atoms with Crippen LogP contribution in [0.15, 0.2) is 30.3 Å². The Morgan fingerprint density at radius 1 is 1.32 bits per heavy atom. The third kappa shape index (κ3) is 5.70. The summed E-state index contributed by atoms with van der Waals surface area (Å²) in [6.45, 7) is 6.95. The minimum Gasteiger partial charge on any atom is -0.372 e. The minimum absolute atomic E-state index is 0.0300. The SMILES string of the molecule is CCCc1n[nH]c(=S)n1CC(=O)NCCCN(CC)c1ccccc1. The van der Waals surface area contributed by atoms with Gasteiger partial charge in [0.05, 0.1) is 0 Å². The van der Waals surface area contributed by atoms with Crippen LogP contribution in [0.3, 0.4) is 0 Å². The smallest absolute Gasteiger partial charge is 0.240 e. The van der Waals surface area contributed by atoms with Gasteiger partial charge in [-0.15, -0.1) is 0 Å². The van der Waals surface area contributed by atoms with Crippen molar-refractivity contribution >= 4 is 23.8 Å². The van der Waals surface area contributed by atoms with E-state index in [-0.39, 0.29) is 12.5 Å². The van der Waals surface area contributed by atoms with Crippen molar-refractivity contribution in [2.24, 2.45) is 0 Å². The maximum absolute atomic E-state index is 12.2. The summed E-state index contributed by atoms with van der Waals surface area (Å²) in [7, 11) is 0. The fourth-order valence-corrected chi connectivity index (χ4v) is 2.95. The molecule has 2 N–H and O–H groups in total. The number of nitrogens with one attached hydrogen (secondary N) is 2. The van der Waals surface area contributed by atoms with E-state index in [4.69, 9.17) is 12.2 Å². The molecule has 0 saturated heterocycles. The Labute approximate surface area is 154 Å². The van der Waals surface area contributed by atoms with Gasteiger partial charge in [-0.05, 0) is 44.1 Å². The predicted octanol–water partition coefficient (Wildman–Crippen LogP) is 2.93. The lowest BCUT2D eigenvalue weighted by Crippen LogP contribution is -2.32. The Kier molecular flexibility index (Phi) is 7.66. The zero-order chi connectivity index (χ0) is 18.1. The van der Waals surface area contributed by atoms with Gasteiger partial charge in [-0.3, -0.25) is 14.5 Å². The first-order valence-corrected chi connectivity index (χ1v) is 9.27. The highest BCUT2D eigenvalue weighted by Crippen LogP contribution is 2.12. The molecule has 1 aromatic heterocycles. The number of hydrogen-bond donors (Lipinski definition) is 2. The van der Waals surface area contributed by atoms with Crippen LogP contribution >= 0.6 is 12.2 Å². The number of aryl methyl sites for hydroxylation is 1. The van der Waals surface area contributed by atoms with Crippen molar-refractivity contribution in [1.29, 1.82) is 0 Å². The summed E-state index contributed by atoms with van der Waals surface area (Å²) < 4.78 is 2.27. The van der Waals surface area contributed by atoms with E-state index in [9.17, 15) is 4.79 Å². The molecule has 0 radical (unpaired) electrons. The van der Waals surface area contributed by atoms with Crippen LogP contribution < -0.4 is 10.2 Å². The summed E-state index contributed by atoms with van der Waals surface area (Å²) in [5.41, 5.74) is 1.21. The summed E-state index contributed by atoms with van der Waals surface area (Å²) >= 11 is 5.20. The largest absolute Gasteiger partial charge is 0.372 e. The maximum Gasteiger partial charge on any atom is 0.240 e. The van der Waals surface area contributed by atoms with Crippen molar-refractivity contribution in [1.82, 2.24) is 20.1 Å². The van der Waals surface area contributed by atoms with Crippen molar-refractivity contribution in [2.45, 2.75) is 39.7 Å². The van der Waals surface area contributed by atoms with Crippen LogP contribution in [0.25, 0.3) is 0 Å². The number of aromatic nitrogens is 3. The van der Waals surface area contributed by atoms with E-state index in [1.807, 2.05) is 18.2 Å². The Morgan fingerprint density at radius 2 is 2.08 bits per heavy atom. The normalized spacial score (nSPS) is 10.6. The number of carbonyl (C=O) groups is 1. The van der Waals surface area contributed by atoms with E-state index in [0.717, 1.165) is 38.2 Å². The zero-order valence-corrected chi connectivity index (χ0v) is 15.8. The fourth-order valence-electron chi connectivity index (χ4n) is 2.73. The van der Waals surface area contributed by atoms with Crippen molar-refractivity contribution in [3.8, 4) is 0 Å². The Morgan fingerprint density at radius 3 is 2.76 bits per heavy atom. The van der Waals surface area contributed by atoms with Crippen LogP contribution in [0, 0.1) is 4.77 Å². The third-order valence-corrected chi connectivity index (χ3v) is 4.35. The zero-order valence-electron chi connectivity index (χ0n) is 15.0. The maximum atomic E-state index is 12.2. The summed E-state index contributed by atoms with van der Waals surface area (Å²) in [6.07, 6.45) is 2.67. The molecular weight excluding hydrogens is 334 g/mol. The first-order chi connectivity index (χ1) is 12.2. The molecule has 0 fully saturated rings.